The standard InChI is InChI=1S/C27H22ClN3OS/c1-17-11-13-20(14-12-17)29-27-30-26(32)25(33-27)15-22-18(2)31(24-10-6-4-8-21(22)24)16-19-7-3-5-9-23(19)28/h3-15H,16H2,1-2H3,(H,29,30,32)/b25-15+. The molecule has 6 heteroatoms. The molecule has 5 rings (SSSR count). The lowest BCUT2D eigenvalue weighted by Crippen LogP contribution is -2.19. The fourth-order valence-electron chi connectivity index (χ4n) is 3.99. The van der Waals surface area contributed by atoms with Crippen LogP contribution in [0.5, 0.6) is 0 Å². The Bertz CT molecular complexity index is 1430. The zero-order valence-electron chi connectivity index (χ0n) is 18.3. The minimum absolute atomic E-state index is 0.131. The third-order valence-electron chi connectivity index (χ3n) is 5.76. The van der Waals surface area contributed by atoms with Gasteiger partial charge in [-0.15, -0.1) is 0 Å². The molecule has 33 heavy (non-hydrogen) atoms. The summed E-state index contributed by atoms with van der Waals surface area (Å²) in [4.78, 5) is 17.9. The molecule has 1 N–H and O–H groups in total. The number of halogens is 1. The SMILES string of the molecule is Cc1ccc(N=C2NC(=O)/C(=C\c3c(C)n(Cc4ccccc4Cl)c4ccccc34)S2)cc1. The summed E-state index contributed by atoms with van der Waals surface area (Å²) in [5, 5.41) is 5.33. The molecule has 1 aliphatic heterocycles. The Morgan fingerprint density at radius 2 is 1.73 bits per heavy atom. The van der Waals surface area contributed by atoms with E-state index in [0.29, 0.717) is 16.6 Å². The van der Waals surface area contributed by atoms with Crippen LogP contribution < -0.4 is 5.32 Å². The number of hydrogen-bond acceptors (Lipinski definition) is 3. The Kier molecular flexibility index (Phi) is 5.83. The molecule has 4 aromatic rings. The van der Waals surface area contributed by atoms with Crippen LogP contribution in [0.1, 0.15) is 22.4 Å². The van der Waals surface area contributed by atoms with Crippen molar-refractivity contribution in [1.82, 2.24) is 9.88 Å². The Labute approximate surface area is 202 Å². The average molecular weight is 472 g/mol. The highest BCUT2D eigenvalue weighted by Gasteiger charge is 2.25. The van der Waals surface area contributed by atoms with E-state index in [1.807, 2.05) is 73.7 Å². The van der Waals surface area contributed by atoms with Gasteiger partial charge >= 0.3 is 0 Å². The van der Waals surface area contributed by atoms with Crippen molar-refractivity contribution in [1.29, 1.82) is 0 Å². The zero-order chi connectivity index (χ0) is 22.9. The summed E-state index contributed by atoms with van der Waals surface area (Å²) in [6.07, 6.45) is 1.97. The number of carbonyl (C=O) groups is 1. The Morgan fingerprint density at radius 3 is 2.52 bits per heavy atom. The van der Waals surface area contributed by atoms with Gasteiger partial charge in [0.2, 0.25) is 0 Å². The van der Waals surface area contributed by atoms with Crippen LogP contribution in [0.25, 0.3) is 17.0 Å². The van der Waals surface area contributed by atoms with Crippen molar-refractivity contribution in [3.8, 4) is 0 Å². The fraction of sp³-hybridized carbons (Fsp3) is 0.111. The summed E-state index contributed by atoms with van der Waals surface area (Å²) in [7, 11) is 0. The highest BCUT2D eigenvalue weighted by Crippen LogP contribution is 2.34. The van der Waals surface area contributed by atoms with Gasteiger partial charge in [0.15, 0.2) is 5.17 Å². The largest absolute Gasteiger partial charge is 0.340 e. The number of thioether (sulfide) groups is 1. The van der Waals surface area contributed by atoms with Gasteiger partial charge in [0.1, 0.15) is 0 Å². The molecule has 0 atom stereocenters. The molecule has 1 fully saturated rings. The second-order valence-electron chi connectivity index (χ2n) is 8.01. The van der Waals surface area contributed by atoms with E-state index >= 15 is 0 Å². The first kappa shape index (κ1) is 21.6. The third-order valence-corrected chi connectivity index (χ3v) is 7.04. The Balaban J connectivity index is 1.52. The van der Waals surface area contributed by atoms with Crippen molar-refractivity contribution in [2.24, 2.45) is 4.99 Å². The maximum absolute atomic E-state index is 12.7. The number of rotatable bonds is 4. The summed E-state index contributed by atoms with van der Waals surface area (Å²) < 4.78 is 2.25. The fourth-order valence-corrected chi connectivity index (χ4v) is 5.01. The molecule has 1 amide bonds. The van der Waals surface area contributed by atoms with Gasteiger partial charge in [-0.05, 0) is 61.5 Å². The smallest absolute Gasteiger partial charge is 0.264 e. The Morgan fingerprint density at radius 1 is 1.00 bits per heavy atom. The molecule has 0 spiro atoms. The minimum atomic E-state index is -0.131. The summed E-state index contributed by atoms with van der Waals surface area (Å²) in [6, 6.07) is 24.1. The van der Waals surface area contributed by atoms with Gasteiger partial charge in [-0.2, -0.15) is 0 Å². The van der Waals surface area contributed by atoms with Gasteiger partial charge in [0.05, 0.1) is 10.6 Å². The van der Waals surface area contributed by atoms with E-state index in [2.05, 4.69) is 33.9 Å². The topological polar surface area (TPSA) is 46.4 Å². The van der Waals surface area contributed by atoms with Crippen LogP contribution in [-0.2, 0) is 11.3 Å². The van der Waals surface area contributed by atoms with Crippen LogP contribution in [0.15, 0.2) is 82.7 Å². The number of benzene rings is 3. The van der Waals surface area contributed by atoms with Gasteiger partial charge in [-0.3, -0.25) is 4.79 Å². The summed E-state index contributed by atoms with van der Waals surface area (Å²) in [6.45, 7) is 4.78. The molecule has 0 saturated carbocycles. The van der Waals surface area contributed by atoms with E-state index in [1.54, 1.807) is 0 Å². The predicted octanol–water partition coefficient (Wildman–Crippen LogP) is 6.85. The molecule has 1 saturated heterocycles. The highest BCUT2D eigenvalue weighted by molar-refractivity contribution is 8.18. The molecule has 1 aromatic heterocycles. The quantitative estimate of drug-likeness (QED) is 0.331. The van der Waals surface area contributed by atoms with E-state index in [0.717, 1.165) is 38.4 Å². The predicted molar refractivity (Wildman–Crippen MR) is 139 cm³/mol. The van der Waals surface area contributed by atoms with Crippen molar-refractivity contribution in [2.45, 2.75) is 20.4 Å². The van der Waals surface area contributed by atoms with E-state index in [4.69, 9.17) is 11.6 Å². The number of amidine groups is 1. The number of amides is 1. The monoisotopic (exact) mass is 471 g/mol. The number of aliphatic imine (C=N–C) groups is 1. The molecule has 4 nitrogen and oxygen atoms in total. The average Bonchev–Trinajstić information content (AvgIpc) is 3.29. The molecule has 164 valence electrons. The van der Waals surface area contributed by atoms with Crippen LogP contribution in [0, 0.1) is 13.8 Å². The molecule has 3 aromatic carbocycles. The normalized spacial score (nSPS) is 16.2. The van der Waals surface area contributed by atoms with E-state index in [1.165, 1.54) is 17.3 Å². The molecule has 0 unspecified atom stereocenters. The zero-order valence-corrected chi connectivity index (χ0v) is 19.9. The Hall–Kier alpha value is -3.28. The summed E-state index contributed by atoms with van der Waals surface area (Å²) in [5.41, 5.74) is 6.28. The van der Waals surface area contributed by atoms with Crippen LogP contribution >= 0.6 is 23.4 Å². The number of nitrogens with zero attached hydrogens (tertiary/aromatic N) is 2. The van der Waals surface area contributed by atoms with Crippen molar-refractivity contribution in [3.63, 3.8) is 0 Å². The molecule has 0 bridgehead atoms. The number of aryl methyl sites for hydroxylation is 1. The van der Waals surface area contributed by atoms with Gasteiger partial charge in [-0.1, -0.05) is 65.7 Å². The molecule has 0 radical (unpaired) electrons. The molecule has 0 aliphatic carbocycles. The molecule has 1 aliphatic rings. The first-order valence-electron chi connectivity index (χ1n) is 10.7. The number of hydrogen-bond donors (Lipinski definition) is 1. The third kappa shape index (κ3) is 4.34. The van der Waals surface area contributed by atoms with Crippen LogP contribution in [0.3, 0.4) is 0 Å². The van der Waals surface area contributed by atoms with Gasteiger partial charge in [0, 0.05) is 33.7 Å². The maximum Gasteiger partial charge on any atom is 0.264 e. The van der Waals surface area contributed by atoms with E-state index in [-0.39, 0.29) is 5.91 Å². The number of fused-ring (bicyclic) bond motifs is 1. The number of aromatic nitrogens is 1. The van der Waals surface area contributed by atoms with Gasteiger partial charge in [-0.25, -0.2) is 4.99 Å². The number of para-hydroxylation sites is 1. The number of carbonyl (C=O) groups excluding carboxylic acids is 1. The lowest BCUT2D eigenvalue weighted by atomic mass is 10.1. The number of nitrogens with one attached hydrogen (secondary N) is 1. The van der Waals surface area contributed by atoms with E-state index in [9.17, 15) is 4.79 Å². The van der Waals surface area contributed by atoms with E-state index < -0.39 is 0 Å². The molecular formula is C27H22ClN3OS. The second-order valence-corrected chi connectivity index (χ2v) is 9.45. The van der Waals surface area contributed by atoms with Crippen LogP contribution in [-0.4, -0.2) is 15.6 Å². The lowest BCUT2D eigenvalue weighted by Gasteiger charge is -2.10. The van der Waals surface area contributed by atoms with Crippen molar-refractivity contribution < 1.29 is 4.79 Å². The first-order chi connectivity index (χ1) is 16.0. The molecular weight excluding hydrogens is 450 g/mol. The summed E-state index contributed by atoms with van der Waals surface area (Å²) >= 11 is 7.80. The maximum atomic E-state index is 12.7. The van der Waals surface area contributed by atoms with Crippen molar-refractivity contribution >= 4 is 57.1 Å². The highest BCUT2D eigenvalue weighted by atomic mass is 35.5. The summed E-state index contributed by atoms with van der Waals surface area (Å²) in [5.74, 6) is -0.131. The van der Waals surface area contributed by atoms with Crippen molar-refractivity contribution in [3.05, 3.63) is 105 Å². The van der Waals surface area contributed by atoms with Crippen molar-refractivity contribution in [2.75, 3.05) is 0 Å². The molecule has 2 heterocycles. The first-order valence-corrected chi connectivity index (χ1v) is 11.9. The van der Waals surface area contributed by atoms with Gasteiger partial charge < -0.3 is 9.88 Å². The minimum Gasteiger partial charge on any atom is -0.340 e. The van der Waals surface area contributed by atoms with Gasteiger partial charge in [0.25, 0.3) is 5.91 Å². The van der Waals surface area contributed by atoms with Crippen LogP contribution in [0.2, 0.25) is 5.02 Å². The van der Waals surface area contributed by atoms with Crippen LogP contribution in [0.4, 0.5) is 5.69 Å². The second kappa shape index (κ2) is 8.93. The lowest BCUT2D eigenvalue weighted by molar-refractivity contribution is -0.115.